The molecule has 0 atom stereocenters. The molecule has 6 N–H and O–H groups in total. The Morgan fingerprint density at radius 1 is 0.440 bits per heavy atom. The molecule has 0 aliphatic carbocycles. The van der Waals surface area contributed by atoms with Crippen molar-refractivity contribution in [2.75, 3.05) is 17.2 Å². The Morgan fingerprint density at radius 2 is 0.680 bits per heavy atom. The SMILES string of the molecule is Nc1ccc(OB(Oc2ccc(N)cc2)Oc2ccc(N)cc2)cc1. The van der Waals surface area contributed by atoms with Crippen molar-refractivity contribution in [2.24, 2.45) is 0 Å². The lowest BCUT2D eigenvalue weighted by Gasteiger charge is -2.16. The van der Waals surface area contributed by atoms with Crippen LogP contribution < -0.4 is 31.2 Å². The van der Waals surface area contributed by atoms with Gasteiger partial charge in [0.25, 0.3) is 0 Å². The lowest BCUT2D eigenvalue weighted by atomic mass is 10.2. The minimum Gasteiger partial charge on any atom is -0.490 e. The first kappa shape index (κ1) is 16.4. The van der Waals surface area contributed by atoms with E-state index in [2.05, 4.69) is 0 Å². The molecule has 0 unspecified atom stereocenters. The van der Waals surface area contributed by atoms with E-state index in [-0.39, 0.29) is 0 Å². The fraction of sp³-hybridized carbons (Fsp3) is 0. The van der Waals surface area contributed by atoms with Crippen molar-refractivity contribution in [1.82, 2.24) is 0 Å². The fourth-order valence-corrected chi connectivity index (χ4v) is 2.04. The van der Waals surface area contributed by atoms with E-state index < -0.39 is 7.32 Å². The molecule has 0 spiro atoms. The molecule has 25 heavy (non-hydrogen) atoms. The van der Waals surface area contributed by atoms with Crippen LogP contribution >= 0.6 is 0 Å². The van der Waals surface area contributed by atoms with Crippen molar-refractivity contribution in [3.63, 3.8) is 0 Å². The summed E-state index contributed by atoms with van der Waals surface area (Å²) in [6.45, 7) is 0. The summed E-state index contributed by atoms with van der Waals surface area (Å²) in [6, 6.07) is 20.8. The number of hydrogen-bond acceptors (Lipinski definition) is 6. The third kappa shape index (κ3) is 4.75. The summed E-state index contributed by atoms with van der Waals surface area (Å²) in [5, 5.41) is 0. The quantitative estimate of drug-likeness (QED) is 0.472. The number of hydrogen-bond donors (Lipinski definition) is 3. The Labute approximate surface area is 146 Å². The van der Waals surface area contributed by atoms with Gasteiger partial charge in [-0.3, -0.25) is 0 Å². The number of benzene rings is 3. The molecule has 0 fully saturated rings. The predicted molar refractivity (Wildman–Crippen MR) is 100 cm³/mol. The maximum Gasteiger partial charge on any atom is 0.864 e. The van der Waals surface area contributed by atoms with Gasteiger partial charge in [0, 0.05) is 17.1 Å². The maximum atomic E-state index is 5.78. The van der Waals surface area contributed by atoms with Crippen LogP contribution in [-0.4, -0.2) is 7.32 Å². The van der Waals surface area contributed by atoms with Gasteiger partial charge in [0.15, 0.2) is 0 Å². The van der Waals surface area contributed by atoms with Gasteiger partial charge < -0.3 is 31.2 Å². The fourth-order valence-electron chi connectivity index (χ4n) is 2.04. The highest BCUT2D eigenvalue weighted by Gasteiger charge is 2.30. The minimum atomic E-state index is -1.00. The van der Waals surface area contributed by atoms with Crippen molar-refractivity contribution >= 4 is 24.4 Å². The normalized spacial score (nSPS) is 10.1. The predicted octanol–water partition coefficient (Wildman–Crippen LogP) is 2.95. The van der Waals surface area contributed by atoms with E-state index in [0.717, 1.165) is 0 Å². The summed E-state index contributed by atoms with van der Waals surface area (Å²) in [7, 11) is -1.00. The van der Waals surface area contributed by atoms with Gasteiger partial charge in [-0.25, -0.2) is 0 Å². The van der Waals surface area contributed by atoms with Gasteiger partial charge in [-0.2, -0.15) is 0 Å². The van der Waals surface area contributed by atoms with E-state index in [1.807, 2.05) is 0 Å². The van der Waals surface area contributed by atoms with Crippen LogP contribution in [0.3, 0.4) is 0 Å². The van der Waals surface area contributed by atoms with E-state index >= 15 is 0 Å². The van der Waals surface area contributed by atoms with Crippen LogP contribution in [0.2, 0.25) is 0 Å². The van der Waals surface area contributed by atoms with E-state index in [4.69, 9.17) is 31.2 Å². The average molecular weight is 335 g/mol. The van der Waals surface area contributed by atoms with Crippen molar-refractivity contribution < 1.29 is 14.0 Å². The van der Waals surface area contributed by atoms with E-state index in [1.54, 1.807) is 72.8 Å². The molecule has 0 amide bonds. The third-order valence-corrected chi connectivity index (χ3v) is 3.34. The van der Waals surface area contributed by atoms with E-state index in [1.165, 1.54) is 0 Å². The molecule has 3 aromatic rings. The Balaban J connectivity index is 1.77. The van der Waals surface area contributed by atoms with Crippen LogP contribution in [0, 0.1) is 0 Å². The molecule has 7 heteroatoms. The molecular weight excluding hydrogens is 317 g/mol. The average Bonchev–Trinajstić information content (AvgIpc) is 2.61. The van der Waals surface area contributed by atoms with Gasteiger partial charge in [-0.15, -0.1) is 0 Å². The molecule has 126 valence electrons. The number of nitrogens with two attached hydrogens (primary N) is 3. The van der Waals surface area contributed by atoms with E-state index in [0.29, 0.717) is 34.3 Å². The second-order valence-electron chi connectivity index (χ2n) is 5.35. The van der Waals surface area contributed by atoms with Crippen LogP contribution in [-0.2, 0) is 0 Å². The molecule has 3 rings (SSSR count). The molecule has 0 aliphatic rings. The van der Waals surface area contributed by atoms with Gasteiger partial charge in [-0.05, 0) is 72.8 Å². The van der Waals surface area contributed by atoms with Gasteiger partial charge in [0.1, 0.15) is 17.2 Å². The van der Waals surface area contributed by atoms with Crippen LogP contribution in [0.1, 0.15) is 0 Å². The summed E-state index contributed by atoms with van der Waals surface area (Å²) < 4.78 is 17.3. The van der Waals surface area contributed by atoms with Gasteiger partial charge in [0.2, 0.25) is 0 Å². The van der Waals surface area contributed by atoms with Gasteiger partial charge in [0.05, 0.1) is 0 Å². The first-order chi connectivity index (χ1) is 12.1. The Kier molecular flexibility index (Phi) is 4.85. The first-order valence-corrected chi connectivity index (χ1v) is 7.65. The van der Waals surface area contributed by atoms with Gasteiger partial charge >= 0.3 is 7.32 Å². The second kappa shape index (κ2) is 7.40. The van der Waals surface area contributed by atoms with E-state index in [9.17, 15) is 0 Å². The van der Waals surface area contributed by atoms with Crippen molar-refractivity contribution in [3.8, 4) is 17.2 Å². The largest absolute Gasteiger partial charge is 0.864 e. The van der Waals surface area contributed by atoms with Crippen molar-refractivity contribution in [2.45, 2.75) is 0 Å². The number of rotatable bonds is 6. The molecular formula is C18H18BN3O3. The summed E-state index contributed by atoms with van der Waals surface area (Å²) in [4.78, 5) is 0. The van der Waals surface area contributed by atoms with Crippen molar-refractivity contribution in [1.29, 1.82) is 0 Å². The highest BCUT2D eigenvalue weighted by atomic mass is 16.7. The molecule has 3 aromatic carbocycles. The van der Waals surface area contributed by atoms with Gasteiger partial charge in [-0.1, -0.05) is 0 Å². The second-order valence-corrected chi connectivity index (χ2v) is 5.35. The molecule has 0 aromatic heterocycles. The van der Waals surface area contributed by atoms with Crippen LogP contribution in [0.5, 0.6) is 17.2 Å². The lowest BCUT2D eigenvalue weighted by molar-refractivity contribution is 0.307. The smallest absolute Gasteiger partial charge is 0.490 e. The lowest BCUT2D eigenvalue weighted by Crippen LogP contribution is -2.36. The minimum absolute atomic E-state index is 0.560. The monoisotopic (exact) mass is 335 g/mol. The van der Waals surface area contributed by atoms with Crippen LogP contribution in [0.15, 0.2) is 72.8 Å². The summed E-state index contributed by atoms with van der Waals surface area (Å²) >= 11 is 0. The molecule has 0 radical (unpaired) electrons. The molecule has 0 saturated carbocycles. The number of anilines is 3. The Bertz CT molecular complexity index is 696. The van der Waals surface area contributed by atoms with Crippen molar-refractivity contribution in [3.05, 3.63) is 72.8 Å². The summed E-state index contributed by atoms with van der Waals surface area (Å²) in [6.07, 6.45) is 0. The summed E-state index contributed by atoms with van der Waals surface area (Å²) in [5.41, 5.74) is 19.0. The molecule has 6 nitrogen and oxygen atoms in total. The molecule has 0 saturated heterocycles. The number of nitrogen functional groups attached to an aromatic ring is 3. The first-order valence-electron chi connectivity index (χ1n) is 7.65. The highest BCUT2D eigenvalue weighted by molar-refractivity contribution is 6.39. The molecule has 0 aliphatic heterocycles. The maximum absolute atomic E-state index is 5.78. The zero-order valence-electron chi connectivity index (χ0n) is 13.5. The van der Waals surface area contributed by atoms with Crippen LogP contribution in [0.25, 0.3) is 0 Å². The Hall–Kier alpha value is -3.48. The highest BCUT2D eigenvalue weighted by Crippen LogP contribution is 2.20. The molecule has 0 heterocycles. The third-order valence-electron chi connectivity index (χ3n) is 3.34. The summed E-state index contributed by atoms with van der Waals surface area (Å²) in [5.74, 6) is 1.68. The Morgan fingerprint density at radius 3 is 0.920 bits per heavy atom. The van der Waals surface area contributed by atoms with Crippen LogP contribution in [0.4, 0.5) is 17.1 Å². The standard InChI is InChI=1S/C18H18BN3O3/c20-13-1-7-16(8-2-13)23-19(24-17-9-3-14(21)4-10-17)25-18-11-5-15(22)6-12-18/h1-12H,20-22H2. The molecule has 0 bridgehead atoms. The zero-order chi connectivity index (χ0) is 17.6. The topological polar surface area (TPSA) is 106 Å². The zero-order valence-corrected chi connectivity index (χ0v) is 13.5.